The Balaban J connectivity index is 1.38. The van der Waals surface area contributed by atoms with Crippen LogP contribution in [-0.4, -0.2) is 85.5 Å². The van der Waals surface area contributed by atoms with Gasteiger partial charge in [-0.2, -0.15) is 0 Å². The Morgan fingerprint density at radius 1 is 1.12 bits per heavy atom. The number of piperidine rings is 1. The Morgan fingerprint density at radius 2 is 1.88 bits per heavy atom. The van der Waals surface area contributed by atoms with E-state index in [4.69, 9.17) is 9.47 Å². The molecule has 1 aromatic rings. The number of carbonyl (C=O) groups is 1. The van der Waals surface area contributed by atoms with E-state index in [1.54, 1.807) is 7.11 Å². The van der Waals surface area contributed by atoms with E-state index in [0.717, 1.165) is 70.0 Å². The number of aliphatic hydroxyl groups excluding tert-OH is 1. The number of ether oxygens (including phenoxy) is 2. The molecule has 5 rings (SSSR count). The molecule has 0 unspecified atom stereocenters. The fraction of sp³-hybridized carbons (Fsp3) is 0.741. The summed E-state index contributed by atoms with van der Waals surface area (Å²) >= 11 is 0. The number of morpholine rings is 1. The number of benzene rings is 1. The van der Waals surface area contributed by atoms with Crippen LogP contribution in [0.3, 0.4) is 0 Å². The SMILES string of the molecule is COc1ccc(CN(C2CC2)[C@H](CO)C(=O)N2CCC[C@H]3CCCC[C@@H]32)c(N2CCOCC2)c1. The number of nitrogens with zero attached hydrogens (tertiary/aromatic N) is 3. The molecule has 3 atom stereocenters. The van der Waals surface area contributed by atoms with Gasteiger partial charge in [0.05, 0.1) is 26.9 Å². The van der Waals surface area contributed by atoms with Crippen molar-refractivity contribution in [3.8, 4) is 5.75 Å². The third-order valence-corrected chi connectivity index (χ3v) is 8.40. The van der Waals surface area contributed by atoms with Gasteiger partial charge in [-0.1, -0.05) is 18.9 Å². The molecule has 4 aliphatic rings. The summed E-state index contributed by atoms with van der Waals surface area (Å²) in [5, 5.41) is 10.5. The quantitative estimate of drug-likeness (QED) is 0.629. The third-order valence-electron chi connectivity index (χ3n) is 8.40. The number of hydrogen-bond donors (Lipinski definition) is 1. The largest absolute Gasteiger partial charge is 0.497 e. The number of rotatable bonds is 8. The van der Waals surface area contributed by atoms with Crippen LogP contribution in [-0.2, 0) is 16.1 Å². The molecule has 0 aromatic heterocycles. The van der Waals surface area contributed by atoms with Gasteiger partial charge in [0.15, 0.2) is 0 Å². The molecular formula is C27H41N3O4. The summed E-state index contributed by atoms with van der Waals surface area (Å²) in [6, 6.07) is 6.53. The maximum atomic E-state index is 13.9. The molecule has 7 heteroatoms. The van der Waals surface area contributed by atoms with E-state index in [2.05, 4.69) is 26.8 Å². The fourth-order valence-corrected chi connectivity index (χ4v) is 6.41. The van der Waals surface area contributed by atoms with Crippen molar-refractivity contribution in [2.45, 2.75) is 76.0 Å². The zero-order valence-corrected chi connectivity index (χ0v) is 20.7. The Morgan fingerprint density at radius 3 is 2.62 bits per heavy atom. The molecule has 7 nitrogen and oxygen atoms in total. The highest BCUT2D eigenvalue weighted by Crippen LogP contribution is 2.38. The van der Waals surface area contributed by atoms with Crippen LogP contribution in [0.25, 0.3) is 0 Å². The Bertz CT molecular complexity index is 837. The maximum absolute atomic E-state index is 13.9. The van der Waals surface area contributed by atoms with Crippen LogP contribution in [0.4, 0.5) is 5.69 Å². The number of fused-ring (bicyclic) bond motifs is 1. The van der Waals surface area contributed by atoms with Crippen LogP contribution >= 0.6 is 0 Å². The number of likely N-dealkylation sites (tertiary alicyclic amines) is 1. The minimum atomic E-state index is -0.465. The van der Waals surface area contributed by atoms with Crippen molar-refractivity contribution in [3.63, 3.8) is 0 Å². The van der Waals surface area contributed by atoms with Crippen LogP contribution in [0.15, 0.2) is 18.2 Å². The lowest BCUT2D eigenvalue weighted by Gasteiger charge is -2.46. The summed E-state index contributed by atoms with van der Waals surface area (Å²) in [7, 11) is 1.70. The molecule has 1 amide bonds. The molecule has 0 radical (unpaired) electrons. The van der Waals surface area contributed by atoms with Gasteiger partial charge in [0.1, 0.15) is 11.8 Å². The lowest BCUT2D eigenvalue weighted by atomic mass is 9.78. The molecule has 0 bridgehead atoms. The zero-order valence-electron chi connectivity index (χ0n) is 20.7. The van der Waals surface area contributed by atoms with Crippen LogP contribution in [0, 0.1) is 5.92 Å². The Kier molecular flexibility index (Phi) is 7.61. The average molecular weight is 472 g/mol. The Hall–Kier alpha value is -1.83. The molecule has 2 aliphatic carbocycles. The molecule has 4 fully saturated rings. The Labute approximate surface area is 204 Å². The first-order valence-electron chi connectivity index (χ1n) is 13.4. The number of aliphatic hydroxyl groups is 1. The van der Waals surface area contributed by atoms with E-state index >= 15 is 0 Å². The van der Waals surface area contributed by atoms with E-state index in [1.165, 1.54) is 31.2 Å². The summed E-state index contributed by atoms with van der Waals surface area (Å²) in [6.45, 7) is 4.53. The predicted molar refractivity (Wildman–Crippen MR) is 132 cm³/mol. The van der Waals surface area contributed by atoms with E-state index in [1.807, 2.05) is 6.07 Å². The predicted octanol–water partition coefficient (Wildman–Crippen LogP) is 3.04. The average Bonchev–Trinajstić information content (AvgIpc) is 3.74. The molecule has 2 aliphatic heterocycles. The van der Waals surface area contributed by atoms with Crippen molar-refractivity contribution >= 4 is 11.6 Å². The summed E-state index contributed by atoms with van der Waals surface area (Å²) in [5.74, 6) is 1.64. The number of amides is 1. The normalized spacial score (nSPS) is 26.3. The highest BCUT2D eigenvalue weighted by molar-refractivity contribution is 5.82. The van der Waals surface area contributed by atoms with Crippen molar-refractivity contribution in [1.29, 1.82) is 0 Å². The van der Waals surface area contributed by atoms with Gasteiger partial charge in [0, 0.05) is 50.0 Å². The van der Waals surface area contributed by atoms with Gasteiger partial charge in [0.25, 0.3) is 0 Å². The summed E-state index contributed by atoms with van der Waals surface area (Å²) in [6.07, 6.45) is 9.42. The lowest BCUT2D eigenvalue weighted by Crippen LogP contribution is -2.57. The molecule has 0 spiro atoms. The molecule has 2 saturated carbocycles. The first kappa shape index (κ1) is 23.9. The molecule has 1 aromatic carbocycles. The minimum Gasteiger partial charge on any atom is -0.497 e. The molecule has 188 valence electrons. The second kappa shape index (κ2) is 10.8. The van der Waals surface area contributed by atoms with E-state index in [0.29, 0.717) is 24.5 Å². The van der Waals surface area contributed by atoms with Crippen LogP contribution in [0.1, 0.15) is 56.9 Å². The van der Waals surface area contributed by atoms with Gasteiger partial charge in [-0.25, -0.2) is 0 Å². The summed E-state index contributed by atoms with van der Waals surface area (Å²) in [5.41, 5.74) is 2.35. The summed E-state index contributed by atoms with van der Waals surface area (Å²) < 4.78 is 11.1. The van der Waals surface area contributed by atoms with Crippen LogP contribution in [0.5, 0.6) is 5.75 Å². The van der Waals surface area contributed by atoms with E-state index in [9.17, 15) is 9.90 Å². The number of carbonyl (C=O) groups excluding carboxylic acids is 1. The smallest absolute Gasteiger partial charge is 0.242 e. The van der Waals surface area contributed by atoms with Gasteiger partial charge in [-0.15, -0.1) is 0 Å². The van der Waals surface area contributed by atoms with Crippen LogP contribution < -0.4 is 9.64 Å². The number of anilines is 1. The molecule has 1 N–H and O–H groups in total. The van der Waals surface area contributed by atoms with Crippen molar-refractivity contribution in [3.05, 3.63) is 23.8 Å². The lowest BCUT2D eigenvalue weighted by molar-refractivity contribution is -0.145. The van der Waals surface area contributed by atoms with Gasteiger partial charge in [-0.05, 0) is 56.1 Å². The fourth-order valence-electron chi connectivity index (χ4n) is 6.41. The van der Waals surface area contributed by atoms with Gasteiger partial charge >= 0.3 is 0 Å². The van der Waals surface area contributed by atoms with Crippen molar-refractivity contribution < 1.29 is 19.4 Å². The topological polar surface area (TPSA) is 65.5 Å². The molecule has 34 heavy (non-hydrogen) atoms. The highest BCUT2D eigenvalue weighted by atomic mass is 16.5. The number of hydrogen-bond acceptors (Lipinski definition) is 6. The van der Waals surface area contributed by atoms with Gasteiger partial charge in [0.2, 0.25) is 5.91 Å². The second-order valence-corrected chi connectivity index (χ2v) is 10.5. The van der Waals surface area contributed by atoms with Crippen molar-refractivity contribution in [1.82, 2.24) is 9.80 Å². The van der Waals surface area contributed by atoms with Crippen molar-refractivity contribution in [2.75, 3.05) is 51.5 Å². The van der Waals surface area contributed by atoms with Gasteiger partial charge in [-0.3, -0.25) is 9.69 Å². The molecule has 2 saturated heterocycles. The summed E-state index contributed by atoms with van der Waals surface area (Å²) in [4.78, 5) is 20.7. The first-order chi connectivity index (χ1) is 16.7. The molecular weight excluding hydrogens is 430 g/mol. The van der Waals surface area contributed by atoms with Crippen LogP contribution in [0.2, 0.25) is 0 Å². The monoisotopic (exact) mass is 471 g/mol. The highest BCUT2D eigenvalue weighted by Gasteiger charge is 2.43. The zero-order chi connectivity index (χ0) is 23.5. The standard InChI is InChI=1S/C27H41N3O4/c1-33-23-11-8-21(25(17-23)28-13-15-34-16-14-28)18-30(22-9-10-22)26(19-31)27(32)29-12-4-6-20-5-2-3-7-24(20)29/h8,11,17,20,22,24,26,31H,2-7,9-10,12-16,18-19H2,1H3/t20-,24+,26-/m1/s1. The van der Waals surface area contributed by atoms with E-state index < -0.39 is 6.04 Å². The minimum absolute atomic E-state index is 0.119. The first-order valence-corrected chi connectivity index (χ1v) is 13.4. The van der Waals surface area contributed by atoms with E-state index in [-0.39, 0.29) is 12.5 Å². The third kappa shape index (κ3) is 5.07. The van der Waals surface area contributed by atoms with Crippen molar-refractivity contribution in [2.24, 2.45) is 5.92 Å². The molecule has 2 heterocycles. The maximum Gasteiger partial charge on any atom is 0.242 e. The second-order valence-electron chi connectivity index (χ2n) is 10.5. The van der Waals surface area contributed by atoms with Gasteiger partial charge < -0.3 is 24.4 Å². The number of methoxy groups -OCH3 is 1.